The minimum atomic E-state index is 0.931. The molecule has 0 spiro atoms. The Morgan fingerprint density at radius 1 is 1.29 bits per heavy atom. The third-order valence-corrected chi connectivity index (χ3v) is 2.18. The van der Waals surface area contributed by atoms with Gasteiger partial charge in [-0.25, -0.2) is 4.98 Å². The molecule has 1 aromatic carbocycles. The van der Waals surface area contributed by atoms with Crippen molar-refractivity contribution in [1.29, 1.82) is 0 Å². The number of aromatic nitrogens is 2. The minimum absolute atomic E-state index is 0.931. The lowest BCUT2D eigenvalue weighted by atomic mass is 10.1. The van der Waals surface area contributed by atoms with Gasteiger partial charge in [-0.2, -0.15) is 0 Å². The van der Waals surface area contributed by atoms with Crippen LogP contribution in [-0.4, -0.2) is 9.55 Å². The first-order valence-electron chi connectivity index (χ1n) is 4.53. The van der Waals surface area contributed by atoms with Crippen molar-refractivity contribution >= 4 is 6.20 Å². The highest BCUT2D eigenvalue weighted by Crippen LogP contribution is 2.17. The first kappa shape index (κ1) is 8.75. The molecule has 0 radical (unpaired) electrons. The molecule has 0 unspecified atom stereocenters. The van der Waals surface area contributed by atoms with Crippen LogP contribution in [0.15, 0.2) is 43.2 Å². The summed E-state index contributed by atoms with van der Waals surface area (Å²) in [5, 5.41) is 0. The molecule has 2 heteroatoms. The quantitative estimate of drug-likeness (QED) is 0.701. The van der Waals surface area contributed by atoms with Crippen LogP contribution >= 0.6 is 0 Å². The number of benzene rings is 1. The molecule has 0 saturated heterocycles. The van der Waals surface area contributed by atoms with E-state index in [0.29, 0.717) is 0 Å². The second-order valence-electron chi connectivity index (χ2n) is 3.21. The van der Waals surface area contributed by atoms with E-state index in [-0.39, 0.29) is 0 Å². The maximum atomic E-state index is 4.28. The standard InChI is InChI=1S/C12H12N2/c1-3-14-9-8-13-12(14)11-6-4-10(2)5-7-11/h3-9H,1H2,2H3. The zero-order valence-electron chi connectivity index (χ0n) is 8.14. The minimum Gasteiger partial charge on any atom is -0.307 e. The first-order chi connectivity index (χ1) is 6.81. The Morgan fingerprint density at radius 2 is 2.00 bits per heavy atom. The average Bonchev–Trinajstić information content (AvgIpc) is 2.67. The van der Waals surface area contributed by atoms with Crippen LogP contribution in [-0.2, 0) is 0 Å². The van der Waals surface area contributed by atoms with Gasteiger partial charge in [0, 0.05) is 24.2 Å². The molecule has 2 aromatic rings. The fraction of sp³-hybridized carbons (Fsp3) is 0.0833. The Morgan fingerprint density at radius 3 is 2.64 bits per heavy atom. The predicted octanol–water partition coefficient (Wildman–Crippen LogP) is 2.96. The Labute approximate surface area is 83.5 Å². The van der Waals surface area contributed by atoms with Crippen LogP contribution in [0.25, 0.3) is 17.6 Å². The van der Waals surface area contributed by atoms with Crippen LogP contribution < -0.4 is 0 Å². The van der Waals surface area contributed by atoms with E-state index in [2.05, 4.69) is 42.8 Å². The predicted molar refractivity (Wildman–Crippen MR) is 58.8 cm³/mol. The number of aryl methyl sites for hydroxylation is 1. The van der Waals surface area contributed by atoms with Crippen LogP contribution in [0, 0.1) is 6.92 Å². The summed E-state index contributed by atoms with van der Waals surface area (Å²) in [6.45, 7) is 5.80. The topological polar surface area (TPSA) is 17.8 Å². The highest BCUT2D eigenvalue weighted by molar-refractivity contribution is 5.58. The van der Waals surface area contributed by atoms with Gasteiger partial charge in [-0.1, -0.05) is 36.4 Å². The molecule has 0 aliphatic carbocycles. The lowest BCUT2D eigenvalue weighted by Crippen LogP contribution is -1.89. The summed E-state index contributed by atoms with van der Waals surface area (Å²) in [5.41, 5.74) is 2.37. The lowest BCUT2D eigenvalue weighted by molar-refractivity contribution is 1.15. The van der Waals surface area contributed by atoms with Gasteiger partial charge in [0.15, 0.2) is 0 Å². The van der Waals surface area contributed by atoms with Gasteiger partial charge < -0.3 is 4.57 Å². The third kappa shape index (κ3) is 1.46. The van der Waals surface area contributed by atoms with Gasteiger partial charge in [-0.3, -0.25) is 0 Å². The Bertz CT molecular complexity index is 438. The zero-order valence-corrected chi connectivity index (χ0v) is 8.14. The summed E-state index contributed by atoms with van der Waals surface area (Å²) in [5.74, 6) is 0.931. The summed E-state index contributed by atoms with van der Waals surface area (Å²) < 4.78 is 1.91. The van der Waals surface area contributed by atoms with Crippen molar-refractivity contribution < 1.29 is 0 Å². The summed E-state index contributed by atoms with van der Waals surface area (Å²) in [6.07, 6.45) is 5.42. The van der Waals surface area contributed by atoms with Crippen molar-refractivity contribution in [3.05, 3.63) is 48.8 Å². The van der Waals surface area contributed by atoms with E-state index in [4.69, 9.17) is 0 Å². The van der Waals surface area contributed by atoms with Crippen LogP contribution in [0.5, 0.6) is 0 Å². The second kappa shape index (κ2) is 3.50. The molecular formula is C12H12N2. The van der Waals surface area contributed by atoms with Crippen LogP contribution in [0.3, 0.4) is 0 Å². The Hall–Kier alpha value is -1.83. The highest BCUT2D eigenvalue weighted by Gasteiger charge is 2.02. The summed E-state index contributed by atoms with van der Waals surface area (Å²) in [7, 11) is 0. The smallest absolute Gasteiger partial charge is 0.143 e. The third-order valence-electron chi connectivity index (χ3n) is 2.18. The molecule has 2 rings (SSSR count). The molecule has 0 amide bonds. The van der Waals surface area contributed by atoms with Crippen molar-refractivity contribution in [2.45, 2.75) is 6.92 Å². The van der Waals surface area contributed by atoms with Gasteiger partial charge in [0.2, 0.25) is 0 Å². The van der Waals surface area contributed by atoms with Crippen LogP contribution in [0.2, 0.25) is 0 Å². The molecule has 0 bridgehead atoms. The van der Waals surface area contributed by atoms with Crippen molar-refractivity contribution in [2.24, 2.45) is 0 Å². The van der Waals surface area contributed by atoms with Gasteiger partial charge in [-0.05, 0) is 6.92 Å². The van der Waals surface area contributed by atoms with Crippen molar-refractivity contribution in [2.75, 3.05) is 0 Å². The Balaban J connectivity index is 2.49. The Kier molecular flexibility index (Phi) is 2.19. The van der Waals surface area contributed by atoms with E-state index < -0.39 is 0 Å². The maximum absolute atomic E-state index is 4.28. The van der Waals surface area contributed by atoms with Gasteiger partial charge in [0.1, 0.15) is 5.82 Å². The van der Waals surface area contributed by atoms with Crippen molar-refractivity contribution in [3.8, 4) is 11.4 Å². The fourth-order valence-electron chi connectivity index (χ4n) is 1.39. The van der Waals surface area contributed by atoms with E-state index in [1.165, 1.54) is 5.56 Å². The normalized spacial score (nSPS) is 10.1. The lowest BCUT2D eigenvalue weighted by Gasteiger charge is -2.02. The number of nitrogens with zero attached hydrogens (tertiary/aromatic N) is 2. The number of hydrogen-bond acceptors (Lipinski definition) is 1. The maximum Gasteiger partial charge on any atom is 0.143 e. The van der Waals surface area contributed by atoms with E-state index in [0.717, 1.165) is 11.4 Å². The number of hydrogen-bond donors (Lipinski definition) is 0. The molecule has 0 fully saturated rings. The van der Waals surface area contributed by atoms with Gasteiger partial charge in [0.25, 0.3) is 0 Å². The van der Waals surface area contributed by atoms with E-state index >= 15 is 0 Å². The molecule has 0 aliphatic rings. The highest BCUT2D eigenvalue weighted by atomic mass is 15.0. The fourth-order valence-corrected chi connectivity index (χ4v) is 1.39. The van der Waals surface area contributed by atoms with Crippen LogP contribution in [0.4, 0.5) is 0 Å². The molecule has 1 aromatic heterocycles. The summed E-state index contributed by atoms with van der Waals surface area (Å²) in [4.78, 5) is 4.28. The number of imidazole rings is 1. The molecule has 0 saturated carbocycles. The monoisotopic (exact) mass is 184 g/mol. The number of rotatable bonds is 2. The summed E-state index contributed by atoms with van der Waals surface area (Å²) >= 11 is 0. The summed E-state index contributed by atoms with van der Waals surface area (Å²) in [6, 6.07) is 8.30. The van der Waals surface area contributed by atoms with Crippen molar-refractivity contribution in [3.63, 3.8) is 0 Å². The van der Waals surface area contributed by atoms with Gasteiger partial charge >= 0.3 is 0 Å². The van der Waals surface area contributed by atoms with E-state index in [9.17, 15) is 0 Å². The molecule has 0 N–H and O–H groups in total. The molecular weight excluding hydrogens is 172 g/mol. The molecule has 70 valence electrons. The zero-order chi connectivity index (χ0) is 9.97. The van der Waals surface area contributed by atoms with E-state index in [1.54, 1.807) is 12.4 Å². The molecule has 14 heavy (non-hydrogen) atoms. The molecule has 0 aliphatic heterocycles. The molecule has 2 nitrogen and oxygen atoms in total. The second-order valence-corrected chi connectivity index (χ2v) is 3.21. The van der Waals surface area contributed by atoms with Gasteiger partial charge in [0.05, 0.1) is 0 Å². The first-order valence-corrected chi connectivity index (χ1v) is 4.53. The SMILES string of the molecule is C=Cn1ccnc1-c1ccc(C)cc1. The van der Waals surface area contributed by atoms with E-state index in [1.807, 2.05) is 10.8 Å². The molecule has 1 heterocycles. The van der Waals surface area contributed by atoms with Crippen molar-refractivity contribution in [1.82, 2.24) is 9.55 Å². The van der Waals surface area contributed by atoms with Gasteiger partial charge in [-0.15, -0.1) is 0 Å². The average molecular weight is 184 g/mol. The largest absolute Gasteiger partial charge is 0.307 e. The van der Waals surface area contributed by atoms with Crippen LogP contribution in [0.1, 0.15) is 5.56 Å². The molecule has 0 atom stereocenters.